The fraction of sp³-hybridized carbons (Fsp3) is 0.217. The maximum atomic E-state index is 13.8. The van der Waals surface area contributed by atoms with Crippen molar-refractivity contribution < 1.29 is 23.0 Å². The average Bonchev–Trinajstić information content (AvgIpc) is 3.37. The van der Waals surface area contributed by atoms with E-state index in [1.54, 1.807) is 31.5 Å². The summed E-state index contributed by atoms with van der Waals surface area (Å²) in [5.74, 6) is -0.248. The summed E-state index contributed by atoms with van der Waals surface area (Å²) in [4.78, 5) is 6.58. The van der Waals surface area contributed by atoms with Crippen LogP contribution in [-0.4, -0.2) is 46.6 Å². The van der Waals surface area contributed by atoms with E-state index >= 15 is 0 Å². The number of aromatic hydroxyl groups is 1. The minimum atomic E-state index is -4.61. The van der Waals surface area contributed by atoms with Gasteiger partial charge in [0.05, 0.1) is 23.4 Å². The second kappa shape index (κ2) is 8.61. The van der Waals surface area contributed by atoms with Gasteiger partial charge in [0.1, 0.15) is 4.88 Å². The van der Waals surface area contributed by atoms with Crippen LogP contribution < -0.4 is 4.90 Å². The third-order valence-corrected chi connectivity index (χ3v) is 7.04. The molecule has 0 unspecified atom stereocenters. The molecule has 4 aromatic rings. The lowest BCUT2D eigenvalue weighted by atomic mass is 9.98. The zero-order valence-corrected chi connectivity index (χ0v) is 19.3. The highest BCUT2D eigenvalue weighted by atomic mass is 35.5. The predicted octanol–water partition coefficient (Wildman–Crippen LogP) is 5.82. The van der Waals surface area contributed by atoms with Crippen molar-refractivity contribution in [3.63, 3.8) is 0 Å². The van der Waals surface area contributed by atoms with Gasteiger partial charge in [-0.3, -0.25) is 5.10 Å². The Morgan fingerprint density at radius 1 is 1.26 bits per heavy atom. The third-order valence-electron chi connectivity index (χ3n) is 5.67. The van der Waals surface area contributed by atoms with Crippen LogP contribution in [0.15, 0.2) is 42.6 Å². The van der Waals surface area contributed by atoms with Gasteiger partial charge in [0.25, 0.3) is 0 Å². The maximum Gasteiger partial charge on any atom is 0.417 e. The molecule has 0 amide bonds. The van der Waals surface area contributed by atoms with Crippen molar-refractivity contribution in [2.24, 2.45) is 0 Å². The number of halogens is 4. The highest BCUT2D eigenvalue weighted by Crippen LogP contribution is 2.43. The summed E-state index contributed by atoms with van der Waals surface area (Å²) >= 11 is 7.07. The van der Waals surface area contributed by atoms with E-state index in [0.717, 1.165) is 17.0 Å². The number of ether oxygens (including phenoxy) is 1. The van der Waals surface area contributed by atoms with Gasteiger partial charge in [-0.15, -0.1) is 0 Å². The van der Waals surface area contributed by atoms with Crippen LogP contribution in [0.1, 0.15) is 21.6 Å². The Bertz CT molecular complexity index is 1390. The molecule has 6 nitrogen and oxygen atoms in total. The van der Waals surface area contributed by atoms with Crippen molar-refractivity contribution in [1.82, 2.24) is 15.2 Å². The molecule has 0 bridgehead atoms. The molecule has 0 saturated carbocycles. The van der Waals surface area contributed by atoms with Gasteiger partial charge in [-0.2, -0.15) is 23.3 Å². The number of nitrogens with zero attached hydrogens (tertiary/aromatic N) is 3. The fourth-order valence-corrected chi connectivity index (χ4v) is 4.99. The number of aromatic amines is 1. The molecule has 0 radical (unpaired) electrons. The average molecular weight is 507 g/mol. The molecular weight excluding hydrogens is 489 g/mol. The highest BCUT2D eigenvalue weighted by molar-refractivity contribution is 7.17. The van der Waals surface area contributed by atoms with E-state index in [0.29, 0.717) is 34.2 Å². The van der Waals surface area contributed by atoms with Crippen LogP contribution in [0.25, 0.3) is 22.6 Å². The number of nitrogens with one attached hydrogen (secondary N) is 1. The van der Waals surface area contributed by atoms with Crippen molar-refractivity contribution in [2.75, 3.05) is 25.1 Å². The number of aromatic nitrogens is 3. The Morgan fingerprint density at radius 2 is 2.06 bits per heavy atom. The second-order valence-electron chi connectivity index (χ2n) is 7.87. The first kappa shape index (κ1) is 22.7. The molecule has 176 valence electrons. The summed E-state index contributed by atoms with van der Waals surface area (Å²) in [6.45, 7) is 1.25. The predicted molar refractivity (Wildman–Crippen MR) is 126 cm³/mol. The standard InChI is InChI=1S/C23H18ClF3N4O2S/c1-33-16-10-31(11-16)22-29-21(32)20(34-22)17(12-3-5-19-14(6-12)9-28-30-19)7-13-2-4-15(24)8-18(13)23(25,26)27/h2-9,16,32H,10-11H2,1H3,(H,28,30). The number of alkyl halides is 3. The van der Waals surface area contributed by atoms with Crippen molar-refractivity contribution in [1.29, 1.82) is 0 Å². The lowest BCUT2D eigenvalue weighted by Crippen LogP contribution is -2.51. The van der Waals surface area contributed by atoms with Crippen molar-refractivity contribution in [3.8, 4) is 5.88 Å². The molecular formula is C23H18ClF3N4O2S. The monoisotopic (exact) mass is 506 g/mol. The molecule has 2 N–H and O–H groups in total. The minimum Gasteiger partial charge on any atom is -0.492 e. The number of fused-ring (bicyclic) bond motifs is 1. The molecule has 1 aliphatic heterocycles. The number of methoxy groups -OCH3 is 1. The van der Waals surface area contributed by atoms with Gasteiger partial charge in [-0.25, -0.2) is 0 Å². The molecule has 3 heterocycles. The van der Waals surface area contributed by atoms with Crippen LogP contribution in [0, 0.1) is 0 Å². The fourth-order valence-electron chi connectivity index (χ4n) is 3.80. The summed E-state index contributed by atoms with van der Waals surface area (Å²) in [6.07, 6.45) is -1.49. The molecule has 0 atom stereocenters. The van der Waals surface area contributed by atoms with E-state index in [1.165, 1.54) is 29.5 Å². The summed E-state index contributed by atoms with van der Waals surface area (Å²) in [5, 5.41) is 18.9. The van der Waals surface area contributed by atoms with Gasteiger partial charge in [-0.05, 0) is 41.5 Å². The van der Waals surface area contributed by atoms with E-state index in [2.05, 4.69) is 15.2 Å². The van der Waals surface area contributed by atoms with Gasteiger partial charge in [0, 0.05) is 36.2 Å². The number of H-pyrrole nitrogens is 1. The number of hydrogen-bond acceptors (Lipinski definition) is 6. The molecule has 5 rings (SSSR count). The lowest BCUT2D eigenvalue weighted by molar-refractivity contribution is -0.137. The molecule has 0 spiro atoms. The zero-order valence-electron chi connectivity index (χ0n) is 17.7. The Balaban J connectivity index is 1.66. The summed E-state index contributed by atoms with van der Waals surface area (Å²) in [7, 11) is 1.63. The smallest absolute Gasteiger partial charge is 0.417 e. The quantitative estimate of drug-likeness (QED) is 0.334. The number of thiazole rings is 1. The van der Waals surface area contributed by atoms with Crippen LogP contribution in [0.3, 0.4) is 0 Å². The molecule has 0 aliphatic carbocycles. The number of rotatable bonds is 5. The van der Waals surface area contributed by atoms with Gasteiger partial charge in [0.2, 0.25) is 5.88 Å². The molecule has 2 aromatic carbocycles. The Kier molecular flexibility index (Phi) is 5.75. The molecule has 1 aliphatic rings. The number of benzene rings is 2. The topological polar surface area (TPSA) is 74.3 Å². The van der Waals surface area contributed by atoms with Gasteiger partial charge in [-0.1, -0.05) is 35.1 Å². The Labute approximate surface area is 201 Å². The van der Waals surface area contributed by atoms with Gasteiger partial charge in [0.15, 0.2) is 5.13 Å². The van der Waals surface area contributed by atoms with E-state index in [1.807, 2.05) is 4.90 Å². The summed E-state index contributed by atoms with van der Waals surface area (Å²) in [5.41, 5.74) is 0.863. The molecule has 34 heavy (non-hydrogen) atoms. The van der Waals surface area contributed by atoms with E-state index in [4.69, 9.17) is 16.3 Å². The van der Waals surface area contributed by atoms with E-state index in [9.17, 15) is 18.3 Å². The first-order chi connectivity index (χ1) is 16.2. The zero-order chi connectivity index (χ0) is 24.0. The third kappa shape index (κ3) is 4.24. The molecule has 1 saturated heterocycles. The first-order valence-corrected chi connectivity index (χ1v) is 11.4. The molecule has 11 heteroatoms. The largest absolute Gasteiger partial charge is 0.492 e. The second-order valence-corrected chi connectivity index (χ2v) is 9.29. The first-order valence-electron chi connectivity index (χ1n) is 10.2. The lowest BCUT2D eigenvalue weighted by Gasteiger charge is -2.37. The summed E-state index contributed by atoms with van der Waals surface area (Å²) in [6, 6.07) is 8.97. The normalized spacial score (nSPS) is 15.2. The van der Waals surface area contributed by atoms with Crippen LogP contribution in [0.4, 0.5) is 18.3 Å². The molecule has 2 aromatic heterocycles. The van der Waals surface area contributed by atoms with E-state index < -0.39 is 11.7 Å². The van der Waals surface area contributed by atoms with E-state index in [-0.39, 0.29) is 22.6 Å². The Hall–Kier alpha value is -3.08. The van der Waals surface area contributed by atoms with Crippen molar-refractivity contribution in [2.45, 2.75) is 12.3 Å². The van der Waals surface area contributed by atoms with Crippen molar-refractivity contribution in [3.05, 3.63) is 69.2 Å². The number of anilines is 1. The van der Waals surface area contributed by atoms with Crippen LogP contribution >= 0.6 is 22.9 Å². The van der Waals surface area contributed by atoms with Crippen LogP contribution in [0.2, 0.25) is 5.02 Å². The van der Waals surface area contributed by atoms with Gasteiger partial charge >= 0.3 is 6.18 Å². The minimum absolute atomic E-state index is 0.0146. The maximum absolute atomic E-state index is 13.8. The number of hydrogen-bond donors (Lipinski definition) is 2. The molecule has 1 fully saturated rings. The highest BCUT2D eigenvalue weighted by Gasteiger charge is 2.34. The Morgan fingerprint density at radius 3 is 2.79 bits per heavy atom. The van der Waals surface area contributed by atoms with Crippen molar-refractivity contribution >= 4 is 50.6 Å². The van der Waals surface area contributed by atoms with Crippen LogP contribution in [-0.2, 0) is 10.9 Å². The summed E-state index contributed by atoms with van der Waals surface area (Å²) < 4.78 is 46.6. The van der Waals surface area contributed by atoms with Crippen LogP contribution in [0.5, 0.6) is 5.88 Å². The van der Waals surface area contributed by atoms with Gasteiger partial charge < -0.3 is 14.7 Å². The SMILES string of the molecule is COC1CN(c2nc(O)c(C(=Cc3ccc(Cl)cc3C(F)(F)F)c3ccc4[nH]ncc4c3)s2)C1.